The normalized spacial score (nSPS) is 13.7. The monoisotopic (exact) mass is 478 g/mol. The summed E-state index contributed by atoms with van der Waals surface area (Å²) in [4.78, 5) is 30.6. The van der Waals surface area contributed by atoms with Crippen molar-refractivity contribution in [2.45, 2.75) is 6.92 Å². The number of nitrogens with zero attached hydrogens (tertiary/aromatic N) is 2. The van der Waals surface area contributed by atoms with Gasteiger partial charge in [-0.25, -0.2) is 0 Å². The molecule has 1 aliphatic rings. The minimum Gasteiger partial charge on any atom is -0.465 e. The Morgan fingerprint density at radius 3 is 2.69 bits per heavy atom. The maximum absolute atomic E-state index is 12.7. The number of fused-ring (bicyclic) bond motifs is 1. The van der Waals surface area contributed by atoms with Crippen molar-refractivity contribution in [3.8, 4) is 0 Å². The third-order valence-electron chi connectivity index (χ3n) is 3.90. The Morgan fingerprint density at radius 1 is 1.19 bits per heavy atom. The molecule has 0 radical (unpaired) electrons. The number of carbonyl (C=O) groups excluding carboxylic acids is 2. The van der Waals surface area contributed by atoms with Gasteiger partial charge in [-0.15, -0.1) is 0 Å². The van der Waals surface area contributed by atoms with E-state index in [1.165, 1.54) is 4.90 Å². The summed E-state index contributed by atoms with van der Waals surface area (Å²) in [5, 5.41) is 0. The smallest absolute Gasteiger partial charge is 0.326 e. The molecule has 3 rings (SSSR count). The first-order valence-electron chi connectivity index (χ1n) is 8.06. The lowest BCUT2D eigenvalue weighted by Crippen LogP contribution is -2.37. The molecule has 1 amide bonds. The van der Waals surface area contributed by atoms with Crippen molar-refractivity contribution in [2.75, 3.05) is 24.6 Å². The summed E-state index contributed by atoms with van der Waals surface area (Å²) in [5.41, 5.74) is 3.01. The molecule has 2 aromatic rings. The van der Waals surface area contributed by atoms with E-state index >= 15 is 0 Å². The number of anilines is 1. The van der Waals surface area contributed by atoms with Crippen LogP contribution in [0.3, 0.4) is 0 Å². The van der Waals surface area contributed by atoms with E-state index in [0.717, 1.165) is 20.1 Å². The van der Waals surface area contributed by atoms with Crippen molar-refractivity contribution in [1.82, 2.24) is 0 Å². The summed E-state index contributed by atoms with van der Waals surface area (Å²) in [6.45, 7) is 1.83. The molecule has 0 aliphatic carbocycles. The van der Waals surface area contributed by atoms with Crippen LogP contribution in [-0.4, -0.2) is 37.3 Å². The highest BCUT2D eigenvalue weighted by molar-refractivity contribution is 9.10. The molecule has 7 heteroatoms. The first-order valence-corrected chi connectivity index (χ1v) is 9.65. The molecule has 0 spiro atoms. The highest BCUT2D eigenvalue weighted by atomic mass is 79.9. The molecule has 0 atom stereocenters. The Balaban J connectivity index is 2.12. The Labute approximate surface area is 168 Å². The Morgan fingerprint density at radius 2 is 1.96 bits per heavy atom. The summed E-state index contributed by atoms with van der Waals surface area (Å²) in [7, 11) is 0. The van der Waals surface area contributed by atoms with Gasteiger partial charge in [-0.05, 0) is 31.2 Å². The maximum atomic E-state index is 12.7. The van der Waals surface area contributed by atoms with Crippen molar-refractivity contribution in [3.05, 3.63) is 62.5 Å². The Kier molecular flexibility index (Phi) is 5.88. The summed E-state index contributed by atoms with van der Waals surface area (Å²) in [5.74, 6) is -0.692. The summed E-state index contributed by atoms with van der Waals surface area (Å²) in [6.07, 6.45) is 0. The third kappa shape index (κ3) is 3.88. The molecular weight excluding hydrogens is 464 g/mol. The molecular formula is C19H16Br2N2O3. The second-order valence-electron chi connectivity index (χ2n) is 5.59. The van der Waals surface area contributed by atoms with Crippen molar-refractivity contribution in [3.63, 3.8) is 0 Å². The molecule has 1 heterocycles. The van der Waals surface area contributed by atoms with E-state index < -0.39 is 5.97 Å². The van der Waals surface area contributed by atoms with E-state index in [9.17, 15) is 9.59 Å². The summed E-state index contributed by atoms with van der Waals surface area (Å²) in [6, 6.07) is 13.3. The van der Waals surface area contributed by atoms with E-state index in [0.29, 0.717) is 11.4 Å². The Hall–Kier alpha value is -1.99. The zero-order valence-corrected chi connectivity index (χ0v) is 17.2. The average Bonchev–Trinajstić information content (AvgIpc) is 2.73. The molecule has 0 saturated heterocycles. The summed E-state index contributed by atoms with van der Waals surface area (Å²) < 4.78 is 6.76. The molecule has 5 nitrogen and oxygen atoms in total. The van der Waals surface area contributed by atoms with Crippen molar-refractivity contribution >= 4 is 55.1 Å². The van der Waals surface area contributed by atoms with E-state index in [1.54, 1.807) is 6.92 Å². The number of rotatable bonds is 4. The number of hydrogen-bond donors (Lipinski definition) is 0. The first kappa shape index (κ1) is 18.8. The molecule has 26 heavy (non-hydrogen) atoms. The second-order valence-corrected chi connectivity index (χ2v) is 7.36. The van der Waals surface area contributed by atoms with Gasteiger partial charge in [0.15, 0.2) is 0 Å². The molecule has 0 unspecified atom stereocenters. The zero-order valence-electron chi connectivity index (χ0n) is 14.0. The number of halogens is 2. The predicted molar refractivity (Wildman–Crippen MR) is 108 cm³/mol. The lowest BCUT2D eigenvalue weighted by Gasteiger charge is -2.22. The molecule has 0 saturated carbocycles. The van der Waals surface area contributed by atoms with Crippen LogP contribution in [0.2, 0.25) is 0 Å². The minimum atomic E-state index is -0.445. The largest absolute Gasteiger partial charge is 0.465 e. The van der Waals surface area contributed by atoms with Crippen molar-refractivity contribution < 1.29 is 14.3 Å². The minimum absolute atomic E-state index is 0.0393. The number of benzene rings is 2. The number of aliphatic imine (C=N–C) groups is 1. The fourth-order valence-electron chi connectivity index (χ4n) is 2.78. The topological polar surface area (TPSA) is 59.0 Å². The molecule has 0 aromatic heterocycles. The van der Waals surface area contributed by atoms with Crippen LogP contribution in [0.4, 0.5) is 5.69 Å². The standard InChI is InChI=1S/C19H16Br2N2O3/c1-2-26-18(25)11-23-16-8-7-12(20)9-14(16)19(22-10-17(23)24)13-5-3-4-6-15(13)21/h3-9H,2,10-11H2,1H3. The number of benzodiazepines with no additional fused rings is 1. The van der Waals surface area contributed by atoms with E-state index in [1.807, 2.05) is 42.5 Å². The lowest BCUT2D eigenvalue weighted by atomic mass is 10.00. The van der Waals surface area contributed by atoms with Gasteiger partial charge in [-0.3, -0.25) is 19.5 Å². The highest BCUT2D eigenvalue weighted by Crippen LogP contribution is 2.31. The van der Waals surface area contributed by atoms with E-state index in [4.69, 9.17) is 4.74 Å². The molecule has 134 valence electrons. The van der Waals surface area contributed by atoms with Crippen LogP contribution in [0, 0.1) is 0 Å². The first-order chi connectivity index (χ1) is 12.5. The highest BCUT2D eigenvalue weighted by Gasteiger charge is 2.27. The van der Waals surface area contributed by atoms with Crippen LogP contribution in [0.1, 0.15) is 18.1 Å². The van der Waals surface area contributed by atoms with Gasteiger partial charge in [-0.2, -0.15) is 0 Å². The van der Waals surface area contributed by atoms with Gasteiger partial charge in [0.2, 0.25) is 5.91 Å². The molecule has 2 aromatic carbocycles. The van der Waals surface area contributed by atoms with Gasteiger partial charge in [0.25, 0.3) is 0 Å². The van der Waals surface area contributed by atoms with Gasteiger partial charge in [0.05, 0.1) is 18.0 Å². The van der Waals surface area contributed by atoms with Gasteiger partial charge in [-0.1, -0.05) is 50.1 Å². The fourth-order valence-corrected chi connectivity index (χ4v) is 3.61. The summed E-state index contributed by atoms with van der Waals surface area (Å²) >= 11 is 7.04. The molecule has 1 aliphatic heterocycles. The van der Waals surface area contributed by atoms with Crippen LogP contribution in [-0.2, 0) is 14.3 Å². The lowest BCUT2D eigenvalue weighted by molar-refractivity contribution is -0.142. The number of amides is 1. The van der Waals surface area contributed by atoms with Crippen molar-refractivity contribution in [1.29, 1.82) is 0 Å². The quantitative estimate of drug-likeness (QED) is 0.623. The predicted octanol–water partition coefficient (Wildman–Crippen LogP) is 3.96. The maximum Gasteiger partial charge on any atom is 0.326 e. The number of esters is 1. The SMILES string of the molecule is CCOC(=O)CN1C(=O)CN=C(c2ccccc2Br)c2cc(Br)ccc21. The van der Waals surface area contributed by atoms with Gasteiger partial charge >= 0.3 is 5.97 Å². The second kappa shape index (κ2) is 8.14. The van der Waals surface area contributed by atoms with Crippen LogP contribution in [0.5, 0.6) is 0 Å². The van der Waals surface area contributed by atoms with E-state index in [-0.39, 0.29) is 25.6 Å². The average molecular weight is 480 g/mol. The molecule has 0 bridgehead atoms. The Bertz CT molecular complexity index is 896. The van der Waals surface area contributed by atoms with Crippen molar-refractivity contribution in [2.24, 2.45) is 4.99 Å². The molecule has 0 N–H and O–H groups in total. The van der Waals surface area contributed by atoms with E-state index in [2.05, 4.69) is 36.9 Å². The fraction of sp³-hybridized carbons (Fsp3) is 0.211. The van der Waals surface area contributed by atoms with Crippen LogP contribution in [0.25, 0.3) is 0 Å². The van der Waals surface area contributed by atoms with Gasteiger partial charge < -0.3 is 4.74 Å². The zero-order chi connectivity index (χ0) is 18.7. The van der Waals surface area contributed by atoms with Gasteiger partial charge in [0.1, 0.15) is 13.1 Å². The van der Waals surface area contributed by atoms with Gasteiger partial charge in [0, 0.05) is 20.1 Å². The third-order valence-corrected chi connectivity index (χ3v) is 5.08. The number of carbonyl (C=O) groups is 2. The van der Waals surface area contributed by atoms with Crippen LogP contribution >= 0.6 is 31.9 Å². The number of ether oxygens (including phenoxy) is 1. The van der Waals surface area contributed by atoms with Crippen LogP contribution in [0.15, 0.2) is 56.4 Å². The molecule has 0 fully saturated rings. The van der Waals surface area contributed by atoms with Crippen LogP contribution < -0.4 is 4.90 Å². The number of hydrogen-bond acceptors (Lipinski definition) is 4.